The maximum absolute atomic E-state index is 10.5. The number of aliphatic hydroxyl groups is 1. The molecule has 0 spiro atoms. The largest absolute Gasteiger partial charge is 0.392 e. The van der Waals surface area contributed by atoms with Crippen LogP contribution in [0.4, 0.5) is 5.69 Å². The summed E-state index contributed by atoms with van der Waals surface area (Å²) in [6, 6.07) is 6.24. The molecule has 2 N–H and O–H groups in total. The Morgan fingerprint density at radius 1 is 1.47 bits per heavy atom. The number of benzene rings is 1. The van der Waals surface area contributed by atoms with Gasteiger partial charge in [0.15, 0.2) is 0 Å². The molecule has 0 unspecified atom stereocenters. The fourth-order valence-corrected chi connectivity index (χ4v) is 1.37. The number of rotatable bonds is 6. The molecule has 1 aromatic rings. The summed E-state index contributed by atoms with van der Waals surface area (Å²) in [4.78, 5) is 10.0. The molecule has 5 nitrogen and oxygen atoms in total. The van der Waals surface area contributed by atoms with Crippen LogP contribution in [0.3, 0.4) is 0 Å². The number of nitro benzene ring substituents is 1. The van der Waals surface area contributed by atoms with Crippen molar-refractivity contribution >= 4 is 11.8 Å². The van der Waals surface area contributed by atoms with Crippen LogP contribution < -0.4 is 5.32 Å². The number of nitro groups is 1. The molecule has 0 radical (unpaired) electrons. The van der Waals surface area contributed by atoms with E-state index in [4.69, 9.17) is 5.11 Å². The Morgan fingerprint density at radius 2 is 2.12 bits per heavy atom. The summed E-state index contributed by atoms with van der Waals surface area (Å²) in [5, 5.41) is 22.7. The molecule has 0 aliphatic carbocycles. The van der Waals surface area contributed by atoms with E-state index in [9.17, 15) is 10.1 Å². The smallest absolute Gasteiger partial charge is 0.269 e. The number of likely N-dealkylation sites (N-methyl/N-ethyl adjacent to an activating group) is 1. The highest BCUT2D eigenvalue weighted by Crippen LogP contribution is 2.14. The first-order valence-corrected chi connectivity index (χ1v) is 5.43. The van der Waals surface area contributed by atoms with Gasteiger partial charge in [-0.1, -0.05) is 13.0 Å². The van der Waals surface area contributed by atoms with Gasteiger partial charge < -0.3 is 10.4 Å². The first kappa shape index (κ1) is 13.3. The van der Waals surface area contributed by atoms with Crippen LogP contribution in [0.2, 0.25) is 0 Å². The summed E-state index contributed by atoms with van der Waals surface area (Å²) >= 11 is 0. The Balaban J connectivity index is 2.77. The van der Waals surface area contributed by atoms with E-state index in [0.717, 1.165) is 17.7 Å². The molecule has 0 heterocycles. The number of hydrogen-bond donors (Lipinski definition) is 2. The lowest BCUT2D eigenvalue weighted by molar-refractivity contribution is -0.384. The first-order chi connectivity index (χ1) is 8.17. The van der Waals surface area contributed by atoms with Gasteiger partial charge in [0.1, 0.15) is 0 Å². The van der Waals surface area contributed by atoms with E-state index in [1.54, 1.807) is 12.1 Å². The van der Waals surface area contributed by atoms with E-state index in [0.29, 0.717) is 6.54 Å². The molecular formula is C12H16N2O3. The fraction of sp³-hybridized carbons (Fsp3) is 0.333. The molecule has 0 amide bonds. The van der Waals surface area contributed by atoms with Crippen LogP contribution in [0.1, 0.15) is 12.5 Å². The molecular weight excluding hydrogens is 220 g/mol. The molecule has 5 heteroatoms. The average Bonchev–Trinajstić information content (AvgIpc) is 2.35. The van der Waals surface area contributed by atoms with Crippen LogP contribution in [0.15, 0.2) is 29.8 Å². The van der Waals surface area contributed by atoms with Gasteiger partial charge >= 0.3 is 0 Å². The van der Waals surface area contributed by atoms with Crippen molar-refractivity contribution in [1.82, 2.24) is 5.32 Å². The van der Waals surface area contributed by atoms with Gasteiger partial charge in [-0.05, 0) is 29.8 Å². The number of non-ortho nitro benzene ring substituents is 1. The van der Waals surface area contributed by atoms with Gasteiger partial charge in [-0.2, -0.15) is 0 Å². The minimum Gasteiger partial charge on any atom is -0.392 e. The topological polar surface area (TPSA) is 75.4 Å². The molecule has 1 rings (SSSR count). The molecule has 0 saturated carbocycles. The molecule has 1 aromatic carbocycles. The molecule has 0 fully saturated rings. The normalized spacial score (nSPS) is 11.5. The van der Waals surface area contributed by atoms with Crippen molar-refractivity contribution in [2.45, 2.75) is 6.92 Å². The molecule has 0 aliphatic heterocycles. The molecule has 0 bridgehead atoms. The van der Waals surface area contributed by atoms with Crippen molar-refractivity contribution in [2.75, 3.05) is 19.7 Å². The third-order valence-corrected chi connectivity index (χ3v) is 2.28. The highest BCUT2D eigenvalue weighted by atomic mass is 16.6. The van der Waals surface area contributed by atoms with Crippen molar-refractivity contribution in [3.05, 3.63) is 45.5 Å². The summed E-state index contributed by atoms with van der Waals surface area (Å²) in [5.41, 5.74) is 1.76. The van der Waals surface area contributed by atoms with Crippen LogP contribution in [-0.4, -0.2) is 29.7 Å². The zero-order valence-electron chi connectivity index (χ0n) is 9.72. The Bertz CT molecular complexity index is 399. The van der Waals surface area contributed by atoms with E-state index < -0.39 is 4.92 Å². The van der Waals surface area contributed by atoms with E-state index >= 15 is 0 Å². The Kier molecular flexibility index (Phi) is 5.32. The summed E-state index contributed by atoms with van der Waals surface area (Å²) < 4.78 is 0. The number of aliphatic hydroxyl groups excluding tert-OH is 1. The summed E-state index contributed by atoms with van der Waals surface area (Å²) in [5.74, 6) is 0. The third kappa shape index (κ3) is 4.34. The zero-order chi connectivity index (χ0) is 12.7. The van der Waals surface area contributed by atoms with Crippen LogP contribution in [0.5, 0.6) is 0 Å². The van der Waals surface area contributed by atoms with Crippen LogP contribution in [0, 0.1) is 10.1 Å². The highest BCUT2D eigenvalue weighted by molar-refractivity contribution is 5.55. The molecule has 0 saturated heterocycles. The van der Waals surface area contributed by atoms with Crippen molar-refractivity contribution in [2.24, 2.45) is 0 Å². The van der Waals surface area contributed by atoms with Crippen molar-refractivity contribution in [3.63, 3.8) is 0 Å². The summed E-state index contributed by atoms with van der Waals surface area (Å²) in [6.07, 6.45) is 1.83. The predicted molar refractivity (Wildman–Crippen MR) is 66.7 cm³/mol. The first-order valence-electron chi connectivity index (χ1n) is 5.43. The third-order valence-electron chi connectivity index (χ3n) is 2.28. The average molecular weight is 236 g/mol. The van der Waals surface area contributed by atoms with Crippen molar-refractivity contribution < 1.29 is 10.0 Å². The second-order valence-corrected chi connectivity index (χ2v) is 3.59. The maximum atomic E-state index is 10.5. The lowest BCUT2D eigenvalue weighted by Crippen LogP contribution is -2.17. The zero-order valence-corrected chi connectivity index (χ0v) is 9.72. The van der Waals surface area contributed by atoms with Gasteiger partial charge in [-0.3, -0.25) is 10.1 Å². The van der Waals surface area contributed by atoms with Crippen LogP contribution in [-0.2, 0) is 0 Å². The van der Waals surface area contributed by atoms with E-state index in [2.05, 4.69) is 5.32 Å². The Labute approximate surface area is 99.9 Å². The minimum absolute atomic E-state index is 0.0238. The van der Waals surface area contributed by atoms with Gasteiger partial charge in [0.2, 0.25) is 0 Å². The fourth-order valence-electron chi connectivity index (χ4n) is 1.37. The Hall–Kier alpha value is -1.72. The second-order valence-electron chi connectivity index (χ2n) is 3.59. The number of nitrogens with zero attached hydrogens (tertiary/aromatic N) is 1. The van der Waals surface area contributed by atoms with Crippen LogP contribution >= 0.6 is 0 Å². The van der Waals surface area contributed by atoms with E-state index in [-0.39, 0.29) is 12.3 Å². The lowest BCUT2D eigenvalue weighted by Gasteiger charge is -2.04. The molecule has 0 atom stereocenters. The van der Waals surface area contributed by atoms with Gasteiger partial charge in [0.25, 0.3) is 5.69 Å². The number of hydrogen-bond acceptors (Lipinski definition) is 4. The monoisotopic (exact) mass is 236 g/mol. The van der Waals surface area contributed by atoms with Crippen molar-refractivity contribution in [3.8, 4) is 0 Å². The molecule has 0 aliphatic rings. The van der Waals surface area contributed by atoms with Gasteiger partial charge in [0.05, 0.1) is 11.5 Å². The van der Waals surface area contributed by atoms with Gasteiger partial charge in [0, 0.05) is 18.7 Å². The maximum Gasteiger partial charge on any atom is 0.269 e. The highest BCUT2D eigenvalue weighted by Gasteiger charge is 2.03. The van der Waals surface area contributed by atoms with Gasteiger partial charge in [-0.25, -0.2) is 0 Å². The summed E-state index contributed by atoms with van der Waals surface area (Å²) in [6.45, 7) is 3.41. The number of nitrogens with one attached hydrogen (secondary N) is 1. The molecule has 92 valence electrons. The predicted octanol–water partition coefficient (Wildman–Crippen LogP) is 1.58. The Morgan fingerprint density at radius 3 is 2.59 bits per heavy atom. The van der Waals surface area contributed by atoms with E-state index in [1.807, 2.05) is 13.0 Å². The molecule has 17 heavy (non-hydrogen) atoms. The molecule has 0 aromatic heterocycles. The van der Waals surface area contributed by atoms with Crippen molar-refractivity contribution in [1.29, 1.82) is 0 Å². The quantitative estimate of drug-likeness (QED) is 0.581. The van der Waals surface area contributed by atoms with Gasteiger partial charge in [-0.15, -0.1) is 0 Å². The van der Waals surface area contributed by atoms with Crippen LogP contribution in [0.25, 0.3) is 6.08 Å². The second kappa shape index (κ2) is 6.78. The summed E-state index contributed by atoms with van der Waals surface area (Å²) in [7, 11) is 0. The lowest BCUT2D eigenvalue weighted by atomic mass is 10.1. The SMILES string of the molecule is CCNCC(=Cc1ccc([N+](=O)[O-])cc1)CO. The standard InChI is InChI=1S/C12H16N2O3/c1-2-13-8-11(9-15)7-10-3-5-12(6-4-10)14(16)17/h3-7,13,15H,2,8-9H2,1H3. The minimum atomic E-state index is -0.431. The van der Waals surface area contributed by atoms with E-state index in [1.165, 1.54) is 12.1 Å².